The highest BCUT2D eigenvalue weighted by Crippen LogP contribution is 2.22. The molecule has 2 saturated heterocycles. The molecule has 1 amide bonds. The van der Waals surface area contributed by atoms with Crippen molar-refractivity contribution in [2.75, 3.05) is 37.7 Å². The molecule has 1 atom stereocenters. The maximum Gasteiger partial charge on any atom is 0.257 e. The van der Waals surface area contributed by atoms with Crippen LogP contribution in [0, 0.1) is 5.92 Å². The molecule has 120 valence electrons. The number of likely N-dealkylation sites (tertiary alicyclic amines) is 1. The predicted molar refractivity (Wildman–Crippen MR) is 84.0 cm³/mol. The molecule has 0 bridgehead atoms. The third-order valence-corrected chi connectivity index (χ3v) is 4.64. The van der Waals surface area contributed by atoms with Crippen LogP contribution < -0.4 is 4.90 Å². The Morgan fingerprint density at radius 1 is 1.36 bits per heavy atom. The number of nitrogens with zero attached hydrogens (tertiary/aromatic N) is 4. The molecule has 6 heteroatoms. The summed E-state index contributed by atoms with van der Waals surface area (Å²) in [5, 5.41) is 9.23. The number of carbonyl (C=O) groups excluding carboxylic acids is 1. The van der Waals surface area contributed by atoms with Crippen LogP contribution in [-0.4, -0.2) is 58.7 Å². The first-order chi connectivity index (χ1) is 10.7. The Bertz CT molecular complexity index is 543. The number of aryl methyl sites for hydroxylation is 1. The quantitative estimate of drug-likeness (QED) is 0.902. The van der Waals surface area contributed by atoms with Gasteiger partial charge in [-0.2, -0.15) is 0 Å². The average molecular weight is 304 g/mol. The van der Waals surface area contributed by atoms with Crippen molar-refractivity contribution >= 4 is 11.9 Å². The van der Waals surface area contributed by atoms with Crippen molar-refractivity contribution in [3.05, 3.63) is 17.5 Å². The molecule has 2 fully saturated rings. The fraction of sp³-hybridized carbons (Fsp3) is 0.688. The molecule has 2 aliphatic heterocycles. The number of carbonyl (C=O) groups is 1. The minimum absolute atomic E-state index is 0.000715. The highest BCUT2D eigenvalue weighted by Gasteiger charge is 2.28. The first kappa shape index (κ1) is 15.2. The highest BCUT2D eigenvalue weighted by molar-refractivity contribution is 5.95. The first-order valence-electron chi connectivity index (χ1n) is 8.24. The van der Waals surface area contributed by atoms with E-state index < -0.39 is 0 Å². The molecule has 0 radical (unpaired) electrons. The molecule has 0 aliphatic carbocycles. The van der Waals surface area contributed by atoms with E-state index in [1.54, 1.807) is 6.20 Å². The maximum atomic E-state index is 12.7. The Hall–Kier alpha value is -1.69. The summed E-state index contributed by atoms with van der Waals surface area (Å²) in [6, 6.07) is 0. The van der Waals surface area contributed by atoms with Crippen LogP contribution in [0.2, 0.25) is 0 Å². The van der Waals surface area contributed by atoms with E-state index in [9.17, 15) is 9.90 Å². The molecular formula is C16H24N4O2. The van der Waals surface area contributed by atoms with Crippen molar-refractivity contribution < 1.29 is 9.90 Å². The van der Waals surface area contributed by atoms with Gasteiger partial charge in [-0.15, -0.1) is 0 Å². The number of hydrogen-bond acceptors (Lipinski definition) is 5. The molecule has 22 heavy (non-hydrogen) atoms. The summed E-state index contributed by atoms with van der Waals surface area (Å²) in [4.78, 5) is 25.7. The Morgan fingerprint density at radius 3 is 2.77 bits per heavy atom. The van der Waals surface area contributed by atoms with Crippen LogP contribution in [0.15, 0.2) is 6.20 Å². The summed E-state index contributed by atoms with van der Waals surface area (Å²) in [6.45, 7) is 5.51. The number of anilines is 1. The van der Waals surface area contributed by atoms with Gasteiger partial charge in [0.2, 0.25) is 5.95 Å². The number of aliphatic hydroxyl groups excluding tert-OH is 1. The Kier molecular flexibility index (Phi) is 4.57. The van der Waals surface area contributed by atoms with Crippen LogP contribution >= 0.6 is 0 Å². The molecule has 0 saturated carbocycles. The van der Waals surface area contributed by atoms with Crippen LogP contribution in [0.1, 0.15) is 42.2 Å². The number of aliphatic hydroxyl groups is 1. The van der Waals surface area contributed by atoms with Crippen LogP contribution in [-0.2, 0) is 6.42 Å². The monoisotopic (exact) mass is 304 g/mol. The summed E-state index contributed by atoms with van der Waals surface area (Å²) >= 11 is 0. The van der Waals surface area contributed by atoms with Crippen molar-refractivity contribution in [2.24, 2.45) is 5.92 Å². The van der Waals surface area contributed by atoms with E-state index in [1.807, 2.05) is 11.8 Å². The van der Waals surface area contributed by atoms with Gasteiger partial charge < -0.3 is 14.9 Å². The second-order valence-electron chi connectivity index (χ2n) is 6.17. The second-order valence-corrected chi connectivity index (χ2v) is 6.17. The summed E-state index contributed by atoms with van der Waals surface area (Å²) in [7, 11) is 0. The molecule has 0 spiro atoms. The maximum absolute atomic E-state index is 12.7. The average Bonchev–Trinajstić information content (AvgIpc) is 3.24. The lowest BCUT2D eigenvalue weighted by Gasteiger charge is -2.20. The largest absolute Gasteiger partial charge is 0.396 e. The topological polar surface area (TPSA) is 69.6 Å². The number of amides is 1. The standard InChI is InChI=1S/C16H24N4O2/c1-2-14-13(15(22)20-8-5-12(10-20)11-21)9-17-16(18-14)19-6-3-4-7-19/h9,12,21H,2-8,10-11H2,1H3. The van der Waals surface area contributed by atoms with Crippen molar-refractivity contribution in [3.63, 3.8) is 0 Å². The number of hydrogen-bond donors (Lipinski definition) is 1. The van der Waals surface area contributed by atoms with Crippen molar-refractivity contribution in [3.8, 4) is 0 Å². The molecule has 0 aromatic carbocycles. The Labute approximate surface area is 131 Å². The SMILES string of the molecule is CCc1nc(N2CCCC2)ncc1C(=O)N1CCC(CO)C1. The third-order valence-electron chi connectivity index (χ3n) is 4.64. The zero-order chi connectivity index (χ0) is 15.5. The van der Waals surface area contributed by atoms with Crippen LogP contribution in [0.3, 0.4) is 0 Å². The fourth-order valence-electron chi connectivity index (χ4n) is 3.26. The van der Waals surface area contributed by atoms with E-state index in [4.69, 9.17) is 0 Å². The van der Waals surface area contributed by atoms with Crippen LogP contribution in [0.25, 0.3) is 0 Å². The number of rotatable bonds is 4. The lowest BCUT2D eigenvalue weighted by atomic mass is 10.1. The molecule has 2 aliphatic rings. The van der Waals surface area contributed by atoms with Gasteiger partial charge in [0.1, 0.15) is 0 Å². The van der Waals surface area contributed by atoms with Crippen molar-refractivity contribution in [1.82, 2.24) is 14.9 Å². The minimum atomic E-state index is 0.000715. The van der Waals surface area contributed by atoms with E-state index in [1.165, 1.54) is 12.8 Å². The number of aromatic nitrogens is 2. The lowest BCUT2D eigenvalue weighted by molar-refractivity contribution is 0.0780. The molecule has 3 rings (SSSR count). The molecule has 1 unspecified atom stereocenters. The highest BCUT2D eigenvalue weighted by atomic mass is 16.3. The van der Waals surface area contributed by atoms with E-state index >= 15 is 0 Å². The van der Waals surface area contributed by atoms with Gasteiger partial charge >= 0.3 is 0 Å². The predicted octanol–water partition coefficient (Wildman–Crippen LogP) is 1.09. The van der Waals surface area contributed by atoms with E-state index in [-0.39, 0.29) is 18.4 Å². The zero-order valence-electron chi connectivity index (χ0n) is 13.2. The van der Waals surface area contributed by atoms with Gasteiger partial charge in [0.15, 0.2) is 0 Å². The van der Waals surface area contributed by atoms with Gasteiger partial charge in [-0.25, -0.2) is 9.97 Å². The summed E-state index contributed by atoms with van der Waals surface area (Å²) in [5.74, 6) is 0.958. The smallest absolute Gasteiger partial charge is 0.257 e. The second kappa shape index (κ2) is 6.60. The fourth-order valence-corrected chi connectivity index (χ4v) is 3.26. The molecule has 3 heterocycles. The molecule has 1 N–H and O–H groups in total. The molecule has 6 nitrogen and oxygen atoms in total. The van der Waals surface area contributed by atoms with Gasteiger partial charge in [-0.1, -0.05) is 6.92 Å². The van der Waals surface area contributed by atoms with Gasteiger partial charge in [-0.05, 0) is 25.7 Å². The van der Waals surface area contributed by atoms with E-state index in [0.717, 1.165) is 37.6 Å². The first-order valence-corrected chi connectivity index (χ1v) is 8.24. The summed E-state index contributed by atoms with van der Waals surface area (Å²) in [5.41, 5.74) is 1.44. The Balaban J connectivity index is 1.79. The summed E-state index contributed by atoms with van der Waals surface area (Å²) < 4.78 is 0. The van der Waals surface area contributed by atoms with Crippen LogP contribution in [0.5, 0.6) is 0 Å². The van der Waals surface area contributed by atoms with E-state index in [2.05, 4.69) is 14.9 Å². The van der Waals surface area contributed by atoms with Gasteiger partial charge in [0.05, 0.1) is 11.3 Å². The molecule has 1 aromatic rings. The third kappa shape index (κ3) is 2.92. The minimum Gasteiger partial charge on any atom is -0.396 e. The van der Waals surface area contributed by atoms with Gasteiger partial charge in [-0.3, -0.25) is 4.79 Å². The zero-order valence-corrected chi connectivity index (χ0v) is 13.2. The van der Waals surface area contributed by atoms with Crippen molar-refractivity contribution in [1.29, 1.82) is 0 Å². The van der Waals surface area contributed by atoms with Crippen molar-refractivity contribution in [2.45, 2.75) is 32.6 Å². The normalized spacial score (nSPS) is 21.6. The van der Waals surface area contributed by atoms with E-state index in [0.29, 0.717) is 18.7 Å². The lowest BCUT2D eigenvalue weighted by Crippen LogP contribution is -2.31. The van der Waals surface area contributed by atoms with Crippen LogP contribution in [0.4, 0.5) is 5.95 Å². The van der Waals surface area contributed by atoms with Gasteiger partial charge in [0, 0.05) is 44.9 Å². The van der Waals surface area contributed by atoms with Gasteiger partial charge in [0.25, 0.3) is 5.91 Å². The molecule has 1 aromatic heterocycles. The Morgan fingerprint density at radius 2 is 2.14 bits per heavy atom. The molecular weight excluding hydrogens is 280 g/mol. The summed E-state index contributed by atoms with van der Waals surface area (Å²) in [6.07, 6.45) is 5.65.